The molecule has 3 N–H and O–H groups in total. The number of furan rings is 1. The minimum atomic E-state index is -0.313. The van der Waals surface area contributed by atoms with Gasteiger partial charge in [0.1, 0.15) is 22.8 Å². The van der Waals surface area contributed by atoms with E-state index in [2.05, 4.69) is 16.3 Å². The molecule has 7 heteroatoms. The maximum Gasteiger partial charge on any atom is 0.255 e. The Hall–Kier alpha value is -3.50. The van der Waals surface area contributed by atoms with E-state index >= 15 is 0 Å². The van der Waals surface area contributed by atoms with E-state index in [1.54, 1.807) is 31.3 Å². The number of piperidine rings is 1. The van der Waals surface area contributed by atoms with Crippen LogP contribution in [0.2, 0.25) is 0 Å². The minimum Gasteiger partial charge on any atom is -0.508 e. The number of benzene rings is 2. The zero-order valence-corrected chi connectivity index (χ0v) is 16.7. The molecule has 0 atom stereocenters. The summed E-state index contributed by atoms with van der Waals surface area (Å²) in [5, 5.41) is 32.6. The molecule has 154 valence electrons. The van der Waals surface area contributed by atoms with Gasteiger partial charge in [-0.15, -0.1) is 0 Å². The fourth-order valence-corrected chi connectivity index (χ4v) is 4.01. The van der Waals surface area contributed by atoms with Crippen LogP contribution < -0.4 is 5.32 Å². The van der Waals surface area contributed by atoms with Crippen molar-refractivity contribution in [3.8, 4) is 28.9 Å². The quantitative estimate of drug-likeness (QED) is 0.612. The van der Waals surface area contributed by atoms with E-state index in [9.17, 15) is 15.0 Å². The molecule has 0 unspecified atom stereocenters. The highest BCUT2D eigenvalue weighted by Gasteiger charge is 2.27. The van der Waals surface area contributed by atoms with E-state index in [4.69, 9.17) is 9.68 Å². The van der Waals surface area contributed by atoms with E-state index in [0.29, 0.717) is 40.0 Å². The van der Waals surface area contributed by atoms with Crippen molar-refractivity contribution < 1.29 is 19.4 Å². The number of hydrogen-bond acceptors (Lipinski definition) is 6. The smallest absolute Gasteiger partial charge is 0.255 e. The maximum atomic E-state index is 12.8. The van der Waals surface area contributed by atoms with Crippen LogP contribution in [0.25, 0.3) is 22.3 Å². The van der Waals surface area contributed by atoms with Gasteiger partial charge in [-0.25, -0.2) is 0 Å². The molecule has 30 heavy (non-hydrogen) atoms. The van der Waals surface area contributed by atoms with Gasteiger partial charge in [0.25, 0.3) is 5.91 Å². The number of aromatic hydroxyl groups is 2. The Morgan fingerprint density at radius 3 is 2.53 bits per heavy atom. The van der Waals surface area contributed by atoms with Gasteiger partial charge in [0.05, 0.1) is 11.6 Å². The average Bonchev–Trinajstić information content (AvgIpc) is 3.16. The number of carbonyl (C=O) groups is 1. The highest BCUT2D eigenvalue weighted by Crippen LogP contribution is 2.39. The first kappa shape index (κ1) is 19.8. The lowest BCUT2D eigenvalue weighted by Gasteiger charge is -2.29. The highest BCUT2D eigenvalue weighted by atomic mass is 16.3. The van der Waals surface area contributed by atoms with E-state index in [0.717, 1.165) is 25.9 Å². The average molecular weight is 405 g/mol. The molecule has 1 saturated heterocycles. The van der Waals surface area contributed by atoms with Crippen LogP contribution in [0.1, 0.15) is 28.8 Å². The Balaban J connectivity index is 1.82. The Labute approximate surface area is 174 Å². The van der Waals surface area contributed by atoms with Gasteiger partial charge in [-0.3, -0.25) is 9.69 Å². The number of amides is 1. The van der Waals surface area contributed by atoms with Crippen molar-refractivity contribution in [3.63, 3.8) is 0 Å². The van der Waals surface area contributed by atoms with E-state index in [1.807, 2.05) is 0 Å². The van der Waals surface area contributed by atoms with Crippen LogP contribution in [-0.2, 0) is 6.54 Å². The number of nitrogens with one attached hydrogen (secondary N) is 1. The Bertz CT molecular complexity index is 1120. The van der Waals surface area contributed by atoms with Crippen molar-refractivity contribution in [1.82, 2.24) is 10.2 Å². The zero-order valence-electron chi connectivity index (χ0n) is 16.7. The number of nitrogens with zero attached hydrogens (tertiary/aromatic N) is 2. The van der Waals surface area contributed by atoms with Gasteiger partial charge < -0.3 is 19.9 Å². The number of phenols is 2. The first-order valence-electron chi connectivity index (χ1n) is 9.92. The molecule has 1 aromatic heterocycles. The third-order valence-electron chi connectivity index (χ3n) is 5.67. The lowest BCUT2D eigenvalue weighted by atomic mass is 9.96. The lowest BCUT2D eigenvalue weighted by molar-refractivity contribution is 0.0964. The van der Waals surface area contributed by atoms with Gasteiger partial charge in [-0.05, 0) is 62.3 Å². The summed E-state index contributed by atoms with van der Waals surface area (Å²) >= 11 is 0. The fraction of sp³-hybridized carbons (Fsp3) is 0.304. The third kappa shape index (κ3) is 3.58. The normalized spacial score (nSPS) is 15.2. The second-order valence-corrected chi connectivity index (χ2v) is 7.55. The van der Waals surface area contributed by atoms with Gasteiger partial charge >= 0.3 is 0 Å². The molecule has 0 radical (unpaired) electrons. The number of nitriles is 1. The highest BCUT2D eigenvalue weighted by molar-refractivity contribution is 6.12. The molecule has 3 aromatic rings. The SMILES string of the molecule is CNC(=O)c1c(-c2ccc(O)cc2)oc2ccc(O)c(CN3CCC(C#N)CC3)c12. The van der Waals surface area contributed by atoms with Gasteiger partial charge in [0.2, 0.25) is 0 Å². The van der Waals surface area contributed by atoms with Crippen LogP contribution in [0.15, 0.2) is 40.8 Å². The monoisotopic (exact) mass is 405 g/mol. The summed E-state index contributed by atoms with van der Waals surface area (Å²) in [5.41, 5.74) is 2.16. The molecule has 7 nitrogen and oxygen atoms in total. The second kappa shape index (κ2) is 8.09. The molecule has 4 rings (SSSR count). The molecule has 1 aliphatic heterocycles. The molecule has 0 aliphatic carbocycles. The second-order valence-electron chi connectivity index (χ2n) is 7.55. The summed E-state index contributed by atoms with van der Waals surface area (Å²) in [5.74, 6) is 0.372. The van der Waals surface area contributed by atoms with Gasteiger partial charge in [-0.2, -0.15) is 5.26 Å². The Morgan fingerprint density at radius 1 is 1.20 bits per heavy atom. The van der Waals surface area contributed by atoms with Crippen LogP contribution in [-0.4, -0.2) is 41.2 Å². The number of likely N-dealkylation sites (tertiary alicyclic amines) is 1. The molecule has 1 aliphatic rings. The number of hydrogen-bond donors (Lipinski definition) is 3. The van der Waals surface area contributed by atoms with Crippen LogP contribution >= 0.6 is 0 Å². The van der Waals surface area contributed by atoms with Crippen molar-refractivity contribution in [2.24, 2.45) is 5.92 Å². The Morgan fingerprint density at radius 2 is 1.90 bits per heavy atom. The van der Waals surface area contributed by atoms with Gasteiger partial charge in [-0.1, -0.05) is 0 Å². The van der Waals surface area contributed by atoms with E-state index in [-0.39, 0.29) is 23.3 Å². The molecule has 0 saturated carbocycles. The molecule has 1 amide bonds. The summed E-state index contributed by atoms with van der Waals surface area (Å²) in [6, 6.07) is 12.0. The van der Waals surface area contributed by atoms with Crippen molar-refractivity contribution in [1.29, 1.82) is 5.26 Å². The van der Waals surface area contributed by atoms with E-state index in [1.165, 1.54) is 12.1 Å². The molecular weight excluding hydrogens is 382 g/mol. The molecular formula is C23H23N3O4. The van der Waals surface area contributed by atoms with Crippen LogP contribution in [0.5, 0.6) is 11.5 Å². The van der Waals surface area contributed by atoms with Crippen LogP contribution in [0.3, 0.4) is 0 Å². The third-order valence-corrected chi connectivity index (χ3v) is 5.67. The lowest BCUT2D eigenvalue weighted by Crippen LogP contribution is -2.33. The molecule has 0 spiro atoms. The standard InChI is InChI=1S/C23H23N3O4/c1-25-23(29)21-20-17(13-26-10-8-14(12-24)9-11-26)18(28)6-7-19(20)30-22(21)15-2-4-16(27)5-3-15/h2-7,14,27-28H,8-11,13H2,1H3,(H,25,29). The number of fused-ring (bicyclic) bond motifs is 1. The van der Waals surface area contributed by atoms with Gasteiger partial charge in [0.15, 0.2) is 0 Å². The summed E-state index contributed by atoms with van der Waals surface area (Å²) in [6.07, 6.45) is 1.58. The van der Waals surface area contributed by atoms with Crippen LogP contribution in [0, 0.1) is 17.2 Å². The fourth-order valence-electron chi connectivity index (χ4n) is 4.01. The maximum absolute atomic E-state index is 12.8. The van der Waals surface area contributed by atoms with Gasteiger partial charge in [0, 0.05) is 36.0 Å². The van der Waals surface area contributed by atoms with Crippen molar-refractivity contribution in [3.05, 3.63) is 47.5 Å². The number of phenolic OH excluding ortho intramolecular Hbond substituents is 2. The summed E-state index contributed by atoms with van der Waals surface area (Å²) in [4.78, 5) is 15.0. The van der Waals surface area contributed by atoms with Crippen LogP contribution in [0.4, 0.5) is 0 Å². The van der Waals surface area contributed by atoms with Crippen molar-refractivity contribution in [2.45, 2.75) is 19.4 Å². The topological polar surface area (TPSA) is 110 Å². The van der Waals surface area contributed by atoms with Crippen molar-refractivity contribution in [2.75, 3.05) is 20.1 Å². The number of carbonyl (C=O) groups excluding carboxylic acids is 1. The summed E-state index contributed by atoms with van der Waals surface area (Å²) in [7, 11) is 1.55. The largest absolute Gasteiger partial charge is 0.508 e. The summed E-state index contributed by atoms with van der Waals surface area (Å²) in [6.45, 7) is 1.97. The van der Waals surface area contributed by atoms with Crippen molar-refractivity contribution >= 4 is 16.9 Å². The number of rotatable bonds is 4. The minimum absolute atomic E-state index is 0.0714. The Kier molecular flexibility index (Phi) is 5.34. The predicted molar refractivity (Wildman–Crippen MR) is 112 cm³/mol. The molecule has 2 heterocycles. The predicted octanol–water partition coefficient (Wildman–Crippen LogP) is 3.61. The zero-order chi connectivity index (χ0) is 21.3. The van der Waals surface area contributed by atoms with E-state index < -0.39 is 0 Å². The molecule has 2 aromatic carbocycles. The molecule has 1 fully saturated rings. The first-order valence-corrected chi connectivity index (χ1v) is 9.92. The molecule has 0 bridgehead atoms. The first-order chi connectivity index (χ1) is 14.5. The summed E-state index contributed by atoms with van der Waals surface area (Å²) < 4.78 is 6.05.